The maximum Gasteiger partial charge on any atom is 0.272 e. The fourth-order valence-corrected chi connectivity index (χ4v) is 4.13. The fourth-order valence-electron chi connectivity index (χ4n) is 3.18. The van der Waals surface area contributed by atoms with Crippen LogP contribution in [0.15, 0.2) is 67.0 Å². The maximum atomic E-state index is 12.9. The molecule has 3 aromatic rings. The van der Waals surface area contributed by atoms with Crippen molar-refractivity contribution in [1.82, 2.24) is 15.8 Å². The van der Waals surface area contributed by atoms with Crippen LogP contribution in [0, 0.1) is 10.5 Å². The minimum absolute atomic E-state index is 0.208. The molecule has 1 amide bonds. The van der Waals surface area contributed by atoms with Crippen molar-refractivity contribution in [2.45, 2.75) is 38.4 Å². The highest BCUT2D eigenvalue weighted by molar-refractivity contribution is 14.1. The Morgan fingerprint density at radius 3 is 2.73 bits per heavy atom. The van der Waals surface area contributed by atoms with E-state index in [4.69, 9.17) is 9.57 Å². The number of ether oxygens (including phenoxy) is 1. The Morgan fingerprint density at radius 1 is 1.24 bits per heavy atom. The van der Waals surface area contributed by atoms with Crippen molar-refractivity contribution in [3.05, 3.63) is 81.7 Å². The number of hydrogen-bond donors (Lipinski definition) is 2. The molecule has 2 N–H and O–H groups in total. The number of carbonyl (C=O) groups is 1. The summed E-state index contributed by atoms with van der Waals surface area (Å²) < 4.78 is 7.10. The van der Waals surface area contributed by atoms with Crippen LogP contribution in [0.3, 0.4) is 0 Å². The highest BCUT2D eigenvalue weighted by Crippen LogP contribution is 2.27. The summed E-state index contributed by atoms with van der Waals surface area (Å²) in [5.74, 6) is 0.434. The van der Waals surface area contributed by atoms with E-state index in [1.807, 2.05) is 81.8 Å². The van der Waals surface area contributed by atoms with Gasteiger partial charge in [-0.15, -0.1) is 11.8 Å². The summed E-state index contributed by atoms with van der Waals surface area (Å²) in [5, 5.41) is 4.00. The molecule has 1 aromatic heterocycles. The minimum atomic E-state index is -0.687. The Kier molecular flexibility index (Phi) is 8.99. The third kappa shape index (κ3) is 7.62. The first-order chi connectivity index (χ1) is 15.8. The summed E-state index contributed by atoms with van der Waals surface area (Å²) in [5.41, 5.74) is 4.52. The molecule has 0 aliphatic carbocycles. The Morgan fingerprint density at radius 2 is 2.00 bits per heavy atom. The third-order valence-corrected chi connectivity index (χ3v) is 6.09. The highest BCUT2D eigenvalue weighted by atomic mass is 127. The Hall–Kier alpha value is -2.30. The van der Waals surface area contributed by atoms with Gasteiger partial charge in [0.05, 0.1) is 17.7 Å². The first kappa shape index (κ1) is 25.3. The number of fused-ring (bicyclic) bond motifs is 1. The molecule has 1 heterocycles. The number of amides is 1. The van der Waals surface area contributed by atoms with Gasteiger partial charge in [0.2, 0.25) is 5.44 Å². The van der Waals surface area contributed by atoms with Crippen LogP contribution in [0.1, 0.15) is 25.0 Å². The number of benzene rings is 2. The molecule has 174 valence electrons. The van der Waals surface area contributed by atoms with Crippen molar-refractivity contribution in [3.63, 3.8) is 0 Å². The minimum Gasteiger partial charge on any atom is -0.470 e. The van der Waals surface area contributed by atoms with E-state index in [2.05, 4.69) is 44.4 Å². The molecule has 1 unspecified atom stereocenters. The largest absolute Gasteiger partial charge is 0.470 e. The Balaban J connectivity index is 1.57. The first-order valence-electron chi connectivity index (χ1n) is 10.4. The van der Waals surface area contributed by atoms with Crippen molar-refractivity contribution in [2.24, 2.45) is 0 Å². The number of hydrogen-bond acceptors (Lipinski definition) is 6. The van der Waals surface area contributed by atoms with Crippen LogP contribution in [-0.2, 0) is 16.2 Å². The van der Waals surface area contributed by atoms with E-state index in [9.17, 15) is 4.79 Å². The van der Waals surface area contributed by atoms with Gasteiger partial charge >= 0.3 is 0 Å². The number of rotatable bonds is 10. The van der Waals surface area contributed by atoms with Gasteiger partial charge in [0, 0.05) is 21.4 Å². The second-order valence-corrected chi connectivity index (χ2v) is 10.2. The van der Waals surface area contributed by atoms with E-state index in [-0.39, 0.29) is 5.91 Å². The predicted octanol–water partition coefficient (Wildman–Crippen LogP) is 5.35. The van der Waals surface area contributed by atoms with Gasteiger partial charge in [-0.3, -0.25) is 20.1 Å². The van der Waals surface area contributed by atoms with Crippen molar-refractivity contribution in [1.29, 1.82) is 0 Å². The number of aryl methyl sites for hydroxylation is 1. The van der Waals surface area contributed by atoms with Crippen molar-refractivity contribution < 1.29 is 14.4 Å². The number of carbonyl (C=O) groups excluding carboxylic acids is 1. The molecule has 0 radical (unpaired) electrons. The van der Waals surface area contributed by atoms with E-state index >= 15 is 0 Å². The molecule has 0 spiro atoms. The predicted molar refractivity (Wildman–Crippen MR) is 143 cm³/mol. The lowest BCUT2D eigenvalue weighted by Gasteiger charge is -2.25. The van der Waals surface area contributed by atoms with E-state index in [0.717, 1.165) is 25.6 Å². The lowest BCUT2D eigenvalue weighted by atomic mass is 10.1. The van der Waals surface area contributed by atoms with Gasteiger partial charge < -0.3 is 10.1 Å². The average molecular weight is 577 g/mol. The molecule has 33 heavy (non-hydrogen) atoms. The molecule has 2 aromatic carbocycles. The second kappa shape index (κ2) is 11.7. The van der Waals surface area contributed by atoms with E-state index in [1.165, 1.54) is 11.8 Å². The van der Waals surface area contributed by atoms with Gasteiger partial charge in [0.25, 0.3) is 5.91 Å². The molecular formula is C25H28IN3O3S. The van der Waals surface area contributed by atoms with Gasteiger partial charge in [0.1, 0.15) is 5.75 Å². The maximum absolute atomic E-state index is 12.9. The summed E-state index contributed by atoms with van der Waals surface area (Å²) in [6.45, 7) is 6.25. The van der Waals surface area contributed by atoms with Crippen LogP contribution in [-0.4, -0.2) is 28.1 Å². The standard InChI is InChI=1S/C25H28IN3O3S/c1-17-12-21(14-19-13-20(26)15-27-22(17)19)32-24(33-4)23(30)29-25(2,3)10-11-28-31-16-18-8-6-5-7-9-18/h5-15,24,28H,16H2,1-4H3,(H,29,30). The topological polar surface area (TPSA) is 72.5 Å². The molecule has 0 saturated heterocycles. The van der Waals surface area contributed by atoms with Gasteiger partial charge in [-0.2, -0.15) is 0 Å². The van der Waals surface area contributed by atoms with Crippen molar-refractivity contribution in [3.8, 4) is 5.75 Å². The van der Waals surface area contributed by atoms with E-state index < -0.39 is 11.0 Å². The van der Waals surface area contributed by atoms with E-state index in [1.54, 1.807) is 6.20 Å². The fraction of sp³-hybridized carbons (Fsp3) is 0.280. The Labute approximate surface area is 212 Å². The molecule has 0 saturated carbocycles. The third-order valence-electron chi connectivity index (χ3n) is 4.76. The molecule has 0 aliphatic rings. The quantitative estimate of drug-likeness (QED) is 0.147. The van der Waals surface area contributed by atoms with Crippen LogP contribution < -0.4 is 15.5 Å². The second-order valence-electron chi connectivity index (χ2n) is 8.09. The lowest BCUT2D eigenvalue weighted by molar-refractivity contribution is -0.125. The monoisotopic (exact) mass is 577 g/mol. The van der Waals surface area contributed by atoms with Crippen LogP contribution in [0.5, 0.6) is 5.75 Å². The Bertz CT molecular complexity index is 1120. The molecule has 1 atom stereocenters. The number of nitrogens with one attached hydrogen (secondary N) is 2. The summed E-state index contributed by atoms with van der Waals surface area (Å²) in [7, 11) is 0. The zero-order valence-corrected chi connectivity index (χ0v) is 22.1. The highest BCUT2D eigenvalue weighted by Gasteiger charge is 2.25. The van der Waals surface area contributed by atoms with Gasteiger partial charge in [-0.25, -0.2) is 0 Å². The van der Waals surface area contributed by atoms with Crippen LogP contribution >= 0.6 is 34.4 Å². The first-order valence-corrected chi connectivity index (χ1v) is 12.8. The number of pyridine rings is 1. The summed E-state index contributed by atoms with van der Waals surface area (Å²) in [6, 6.07) is 15.8. The van der Waals surface area contributed by atoms with Crippen molar-refractivity contribution in [2.75, 3.05) is 6.26 Å². The normalized spacial score (nSPS) is 12.6. The molecule has 6 nitrogen and oxygen atoms in total. The van der Waals surface area contributed by atoms with Crippen molar-refractivity contribution >= 4 is 51.2 Å². The zero-order chi connectivity index (χ0) is 23.8. The van der Waals surface area contributed by atoms with Gasteiger partial charge in [0.15, 0.2) is 0 Å². The molecular weight excluding hydrogens is 549 g/mol. The number of thioether (sulfide) groups is 1. The number of halogens is 1. The molecule has 3 rings (SSSR count). The smallest absolute Gasteiger partial charge is 0.272 e. The van der Waals surface area contributed by atoms with Crippen LogP contribution in [0.25, 0.3) is 10.9 Å². The van der Waals surface area contributed by atoms with Crippen LogP contribution in [0.2, 0.25) is 0 Å². The molecule has 0 fully saturated rings. The molecule has 0 bridgehead atoms. The summed E-state index contributed by atoms with van der Waals surface area (Å²) in [4.78, 5) is 22.8. The SMILES string of the molecule is CSC(Oc1cc(C)c2ncc(I)cc2c1)C(=O)NC(C)(C)C=CNOCc1ccccc1. The average Bonchev–Trinajstić information content (AvgIpc) is 2.77. The van der Waals surface area contributed by atoms with Gasteiger partial charge in [-0.05, 0) is 85.0 Å². The van der Waals surface area contributed by atoms with E-state index in [0.29, 0.717) is 12.4 Å². The zero-order valence-electron chi connectivity index (χ0n) is 19.1. The number of nitrogens with zero attached hydrogens (tertiary/aromatic N) is 1. The number of aromatic nitrogens is 1. The van der Waals surface area contributed by atoms with Crippen LogP contribution in [0.4, 0.5) is 0 Å². The molecule has 0 aliphatic heterocycles. The summed E-state index contributed by atoms with van der Waals surface area (Å²) in [6.07, 6.45) is 7.21. The summed E-state index contributed by atoms with van der Waals surface area (Å²) >= 11 is 3.58. The molecule has 8 heteroatoms. The lowest BCUT2D eigenvalue weighted by Crippen LogP contribution is -2.47. The van der Waals surface area contributed by atoms with Gasteiger partial charge in [-0.1, -0.05) is 30.3 Å². The number of hydroxylamine groups is 1.